The Labute approximate surface area is 118 Å². The second-order valence-corrected chi connectivity index (χ2v) is 6.55. The Balaban J connectivity index is 2.22. The number of rotatable bonds is 3. The molecule has 0 amide bonds. The van der Waals surface area contributed by atoms with Gasteiger partial charge in [0.05, 0.1) is 11.0 Å². The predicted molar refractivity (Wildman–Crippen MR) is 72.7 cm³/mol. The molecular weight excluding hydrogens is 280 g/mol. The van der Waals surface area contributed by atoms with Crippen LogP contribution in [0.5, 0.6) is 0 Å². The quantitative estimate of drug-likeness (QED) is 0.627. The summed E-state index contributed by atoms with van der Waals surface area (Å²) in [4.78, 5) is 11.1. The molecule has 1 aliphatic heterocycles. The van der Waals surface area contributed by atoms with Crippen molar-refractivity contribution in [2.75, 3.05) is 0 Å². The first-order valence-corrected chi connectivity index (χ1v) is 7.76. The molecule has 20 heavy (non-hydrogen) atoms. The van der Waals surface area contributed by atoms with Gasteiger partial charge in [0.2, 0.25) is 9.84 Å². The van der Waals surface area contributed by atoms with Crippen LogP contribution in [0.25, 0.3) is 0 Å². The lowest BCUT2D eigenvalue weighted by molar-refractivity contribution is -0.151. The van der Waals surface area contributed by atoms with Gasteiger partial charge in [-0.25, -0.2) is 8.42 Å². The van der Waals surface area contributed by atoms with Crippen molar-refractivity contribution in [3.05, 3.63) is 42.5 Å². The first kappa shape index (κ1) is 14.7. The highest BCUT2D eigenvalue weighted by atomic mass is 32.2. The van der Waals surface area contributed by atoms with Crippen LogP contribution in [-0.4, -0.2) is 32.0 Å². The van der Waals surface area contributed by atoms with E-state index in [2.05, 4.69) is 0 Å². The fourth-order valence-corrected chi connectivity index (χ4v) is 3.36. The van der Waals surface area contributed by atoms with Gasteiger partial charge in [-0.1, -0.05) is 18.2 Å². The number of sulfone groups is 1. The van der Waals surface area contributed by atoms with E-state index in [0.29, 0.717) is 0 Å². The van der Waals surface area contributed by atoms with Crippen molar-refractivity contribution in [2.45, 2.75) is 36.4 Å². The molecule has 0 saturated heterocycles. The van der Waals surface area contributed by atoms with Gasteiger partial charge in [0, 0.05) is 6.92 Å². The minimum atomic E-state index is -3.60. The number of carbonyl (C=O) groups excluding carboxylic acids is 1. The second kappa shape index (κ2) is 5.76. The summed E-state index contributed by atoms with van der Waals surface area (Å²) in [5, 5.41) is 0. The number of hydrogen-bond donors (Lipinski definition) is 0. The van der Waals surface area contributed by atoms with Crippen LogP contribution in [0.3, 0.4) is 0 Å². The molecule has 0 bridgehead atoms. The first-order chi connectivity index (χ1) is 9.41. The van der Waals surface area contributed by atoms with Gasteiger partial charge in [-0.15, -0.1) is 0 Å². The van der Waals surface area contributed by atoms with Gasteiger partial charge in [-0.2, -0.15) is 0 Å². The van der Waals surface area contributed by atoms with Gasteiger partial charge in [0.25, 0.3) is 0 Å². The maximum absolute atomic E-state index is 12.4. The van der Waals surface area contributed by atoms with E-state index >= 15 is 0 Å². The zero-order chi connectivity index (χ0) is 14.8. The van der Waals surface area contributed by atoms with Gasteiger partial charge >= 0.3 is 5.97 Å². The summed E-state index contributed by atoms with van der Waals surface area (Å²) in [7, 11) is -3.60. The highest BCUT2D eigenvalue weighted by Gasteiger charge is 2.34. The third-order valence-electron chi connectivity index (χ3n) is 2.95. The lowest BCUT2D eigenvalue weighted by atomic mass is 10.2. The van der Waals surface area contributed by atoms with E-state index in [1.807, 2.05) is 0 Å². The Kier molecular flexibility index (Phi) is 4.25. The molecule has 3 atom stereocenters. The average molecular weight is 296 g/mol. The summed E-state index contributed by atoms with van der Waals surface area (Å²) in [5.74, 6) is -0.431. The summed E-state index contributed by atoms with van der Waals surface area (Å²) in [5.41, 5.74) is -1.06. The van der Waals surface area contributed by atoms with Crippen molar-refractivity contribution >= 4 is 15.8 Å². The van der Waals surface area contributed by atoms with E-state index in [1.165, 1.54) is 25.1 Å². The van der Waals surface area contributed by atoms with Crippen molar-refractivity contribution in [3.63, 3.8) is 0 Å². The zero-order valence-corrected chi connectivity index (χ0v) is 12.0. The fraction of sp³-hybridized carbons (Fsp3) is 0.357. The van der Waals surface area contributed by atoms with Crippen LogP contribution in [0.15, 0.2) is 47.4 Å². The molecule has 0 aliphatic carbocycles. The van der Waals surface area contributed by atoms with Crippen molar-refractivity contribution in [3.8, 4) is 0 Å². The molecule has 1 aromatic carbocycles. The lowest BCUT2D eigenvalue weighted by Crippen LogP contribution is -2.39. The highest BCUT2D eigenvalue weighted by molar-refractivity contribution is 7.92. The summed E-state index contributed by atoms with van der Waals surface area (Å²) in [6.45, 7) is 2.97. The Bertz CT molecular complexity index is 606. The highest BCUT2D eigenvalue weighted by Crippen LogP contribution is 2.24. The molecule has 1 aliphatic rings. The van der Waals surface area contributed by atoms with E-state index in [9.17, 15) is 13.2 Å². The smallest absolute Gasteiger partial charge is 0.303 e. The zero-order valence-electron chi connectivity index (χ0n) is 11.2. The number of ether oxygens (including phenoxy) is 2. The van der Waals surface area contributed by atoms with Crippen molar-refractivity contribution < 1.29 is 22.7 Å². The second-order valence-electron chi connectivity index (χ2n) is 4.53. The standard InChI is InChI=1S/C14H16O5S/c1-10-13(19-11(2)15)8-9-14(18-10)20(16,17)12-6-4-3-5-7-12/h3-10,13-14H,1-2H3/t10-,13+,14?/m0/s1. The van der Waals surface area contributed by atoms with Gasteiger partial charge in [0.1, 0.15) is 6.10 Å². The molecule has 0 fully saturated rings. The minimum Gasteiger partial charge on any atom is -0.456 e. The number of hydrogen-bond acceptors (Lipinski definition) is 5. The number of esters is 1. The van der Waals surface area contributed by atoms with E-state index < -0.39 is 33.5 Å². The van der Waals surface area contributed by atoms with Crippen LogP contribution in [-0.2, 0) is 24.1 Å². The molecule has 1 heterocycles. The molecule has 5 nitrogen and oxygen atoms in total. The van der Waals surface area contributed by atoms with Gasteiger partial charge in [-0.05, 0) is 31.2 Å². The third kappa shape index (κ3) is 3.08. The normalized spacial score (nSPS) is 26.2. The Morgan fingerprint density at radius 2 is 1.85 bits per heavy atom. The molecule has 6 heteroatoms. The molecule has 0 radical (unpaired) electrons. The molecule has 108 valence electrons. The first-order valence-electron chi connectivity index (χ1n) is 6.21. The van der Waals surface area contributed by atoms with Crippen molar-refractivity contribution in [1.82, 2.24) is 0 Å². The number of benzene rings is 1. The largest absolute Gasteiger partial charge is 0.456 e. The molecule has 2 rings (SSSR count). The maximum atomic E-state index is 12.4. The van der Waals surface area contributed by atoms with Gasteiger partial charge < -0.3 is 9.47 Å². The minimum absolute atomic E-state index is 0.202. The summed E-state index contributed by atoms with van der Waals surface area (Å²) in [6, 6.07) is 8.11. The Hall–Kier alpha value is -1.66. The molecule has 0 aromatic heterocycles. The van der Waals surface area contributed by atoms with E-state index in [1.54, 1.807) is 31.2 Å². The van der Waals surface area contributed by atoms with Crippen LogP contribution < -0.4 is 0 Å². The Morgan fingerprint density at radius 3 is 2.40 bits per heavy atom. The monoisotopic (exact) mass is 296 g/mol. The maximum Gasteiger partial charge on any atom is 0.303 e. The molecule has 1 aromatic rings. The van der Waals surface area contributed by atoms with E-state index in [0.717, 1.165) is 0 Å². The third-order valence-corrected chi connectivity index (χ3v) is 4.76. The molecule has 0 saturated carbocycles. The SMILES string of the molecule is CC(=O)O[C@@H]1C=CC(S(=O)(=O)c2ccccc2)O[C@H]1C. The fourth-order valence-electron chi connectivity index (χ4n) is 1.94. The van der Waals surface area contributed by atoms with Gasteiger partial charge in [0.15, 0.2) is 5.44 Å². The summed E-state index contributed by atoms with van der Waals surface area (Å²) >= 11 is 0. The van der Waals surface area contributed by atoms with Crippen molar-refractivity contribution in [1.29, 1.82) is 0 Å². The van der Waals surface area contributed by atoms with E-state index in [4.69, 9.17) is 9.47 Å². The molecule has 0 N–H and O–H groups in total. The Morgan fingerprint density at radius 1 is 1.20 bits per heavy atom. The van der Waals surface area contributed by atoms with Crippen molar-refractivity contribution in [2.24, 2.45) is 0 Å². The summed E-state index contributed by atoms with van der Waals surface area (Å²) in [6.07, 6.45) is 1.89. The van der Waals surface area contributed by atoms with Crippen LogP contribution in [0.4, 0.5) is 0 Å². The average Bonchev–Trinajstić information content (AvgIpc) is 2.41. The molecular formula is C14H16O5S. The van der Waals surface area contributed by atoms with E-state index in [-0.39, 0.29) is 4.90 Å². The van der Waals surface area contributed by atoms with Crippen LogP contribution in [0.1, 0.15) is 13.8 Å². The molecule has 1 unspecified atom stereocenters. The topological polar surface area (TPSA) is 69.7 Å². The van der Waals surface area contributed by atoms with Crippen LogP contribution in [0, 0.1) is 0 Å². The summed E-state index contributed by atoms with van der Waals surface area (Å²) < 4.78 is 35.2. The molecule has 0 spiro atoms. The predicted octanol–water partition coefficient (Wildman–Crippen LogP) is 1.69. The van der Waals surface area contributed by atoms with Gasteiger partial charge in [-0.3, -0.25) is 4.79 Å². The number of carbonyl (C=O) groups is 1. The lowest BCUT2D eigenvalue weighted by Gasteiger charge is -2.29. The van der Waals surface area contributed by atoms with Crippen LogP contribution in [0.2, 0.25) is 0 Å². The van der Waals surface area contributed by atoms with Crippen LogP contribution >= 0.6 is 0 Å².